The molecule has 0 aromatic heterocycles. The van der Waals surface area contributed by atoms with Crippen molar-refractivity contribution >= 4 is 23.7 Å². The first-order valence-electron chi connectivity index (χ1n) is 7.50. The van der Waals surface area contributed by atoms with E-state index in [1.807, 2.05) is 19.1 Å². The molecule has 0 heterocycles. The Bertz CT molecular complexity index is 757. The third-order valence-corrected chi connectivity index (χ3v) is 3.33. The maximum atomic E-state index is 11.9. The van der Waals surface area contributed by atoms with Gasteiger partial charge in [-0.25, -0.2) is 5.43 Å². The Hall–Kier alpha value is -3.15. The third-order valence-electron chi connectivity index (χ3n) is 3.33. The molecule has 2 aromatic carbocycles. The summed E-state index contributed by atoms with van der Waals surface area (Å²) >= 11 is 0. The van der Waals surface area contributed by atoms with Gasteiger partial charge in [-0.05, 0) is 35.7 Å². The quantitative estimate of drug-likeness (QED) is 0.503. The second-order valence-electron chi connectivity index (χ2n) is 4.94. The molecule has 2 N–H and O–H groups in total. The maximum absolute atomic E-state index is 11.9. The van der Waals surface area contributed by atoms with E-state index in [9.17, 15) is 9.59 Å². The molecule has 2 aromatic rings. The number of nitrogens with zero attached hydrogens (tertiary/aromatic N) is 1. The molecule has 0 bridgehead atoms. The fraction of sp³-hybridized carbons (Fsp3) is 0.167. The number of hydrogen-bond acceptors (Lipinski definition) is 4. The number of hydrogen-bond donors (Lipinski definition) is 2. The van der Waals surface area contributed by atoms with Crippen LogP contribution in [0.1, 0.15) is 18.1 Å². The Balaban J connectivity index is 1.94. The lowest BCUT2D eigenvalue weighted by Crippen LogP contribution is -2.32. The number of methoxy groups -OCH3 is 1. The summed E-state index contributed by atoms with van der Waals surface area (Å²) in [7, 11) is 1.57. The minimum absolute atomic E-state index is 0.622. The van der Waals surface area contributed by atoms with Crippen molar-refractivity contribution in [1.29, 1.82) is 0 Å². The molecule has 0 atom stereocenters. The normalized spacial score (nSPS) is 10.4. The van der Waals surface area contributed by atoms with Crippen LogP contribution in [0.3, 0.4) is 0 Å². The molecule has 0 aliphatic carbocycles. The zero-order valence-corrected chi connectivity index (χ0v) is 13.6. The van der Waals surface area contributed by atoms with E-state index in [0.717, 1.165) is 17.5 Å². The second kappa shape index (κ2) is 8.47. The van der Waals surface area contributed by atoms with E-state index in [1.165, 1.54) is 6.21 Å². The molecule has 2 amide bonds. The summed E-state index contributed by atoms with van der Waals surface area (Å²) in [5.74, 6) is -0.919. The fourth-order valence-corrected chi connectivity index (χ4v) is 2.07. The largest absolute Gasteiger partial charge is 0.497 e. The minimum Gasteiger partial charge on any atom is -0.497 e. The number of hydrazone groups is 1. The Morgan fingerprint density at radius 3 is 2.67 bits per heavy atom. The van der Waals surface area contributed by atoms with Gasteiger partial charge in [0.25, 0.3) is 0 Å². The van der Waals surface area contributed by atoms with Crippen molar-refractivity contribution in [2.45, 2.75) is 13.3 Å². The number of carbonyl (C=O) groups is 2. The lowest BCUT2D eigenvalue weighted by Gasteiger charge is -2.08. The average Bonchev–Trinajstić information content (AvgIpc) is 2.62. The highest BCUT2D eigenvalue weighted by Gasteiger charge is 2.14. The Morgan fingerprint density at radius 1 is 1.12 bits per heavy atom. The topological polar surface area (TPSA) is 79.8 Å². The van der Waals surface area contributed by atoms with Gasteiger partial charge in [-0.1, -0.05) is 37.3 Å². The van der Waals surface area contributed by atoms with Gasteiger partial charge in [-0.2, -0.15) is 5.10 Å². The third kappa shape index (κ3) is 4.67. The fourth-order valence-electron chi connectivity index (χ4n) is 2.07. The predicted molar refractivity (Wildman–Crippen MR) is 93.2 cm³/mol. The van der Waals surface area contributed by atoms with Crippen molar-refractivity contribution in [3.05, 3.63) is 59.7 Å². The van der Waals surface area contributed by atoms with Crippen molar-refractivity contribution in [2.24, 2.45) is 5.10 Å². The van der Waals surface area contributed by atoms with Crippen LogP contribution in [0.2, 0.25) is 0 Å². The summed E-state index contributed by atoms with van der Waals surface area (Å²) in [5.41, 5.74) is 4.52. The first kappa shape index (κ1) is 17.2. The van der Waals surface area contributed by atoms with Crippen molar-refractivity contribution in [1.82, 2.24) is 5.43 Å². The van der Waals surface area contributed by atoms with Gasteiger partial charge in [-0.15, -0.1) is 0 Å². The summed E-state index contributed by atoms with van der Waals surface area (Å²) in [5, 5.41) is 6.36. The zero-order chi connectivity index (χ0) is 17.4. The molecule has 6 heteroatoms. The lowest BCUT2D eigenvalue weighted by atomic mass is 10.1. The number of para-hydroxylation sites is 1. The van der Waals surface area contributed by atoms with Crippen LogP contribution < -0.4 is 15.5 Å². The van der Waals surface area contributed by atoms with Crippen molar-refractivity contribution in [3.63, 3.8) is 0 Å². The smallest absolute Gasteiger partial charge is 0.329 e. The number of benzene rings is 2. The van der Waals surface area contributed by atoms with Gasteiger partial charge in [0, 0.05) is 5.69 Å². The van der Waals surface area contributed by atoms with Gasteiger partial charge in [-0.3, -0.25) is 9.59 Å². The van der Waals surface area contributed by atoms with Crippen LogP contribution in [0.15, 0.2) is 53.6 Å². The Kier molecular flexibility index (Phi) is 6.08. The van der Waals surface area contributed by atoms with Gasteiger partial charge in [0.1, 0.15) is 5.75 Å². The van der Waals surface area contributed by atoms with E-state index in [1.54, 1.807) is 43.5 Å². The van der Waals surface area contributed by atoms with E-state index < -0.39 is 11.8 Å². The SMILES string of the molecule is CCc1ccccc1NC(=O)C(=O)NN=Cc1cccc(OC)c1. The molecule has 0 spiro atoms. The molecule has 6 nitrogen and oxygen atoms in total. The van der Waals surface area contributed by atoms with Crippen LogP contribution in [0.5, 0.6) is 5.75 Å². The van der Waals surface area contributed by atoms with E-state index in [-0.39, 0.29) is 0 Å². The van der Waals surface area contributed by atoms with Gasteiger partial charge in [0.15, 0.2) is 0 Å². The van der Waals surface area contributed by atoms with Crippen molar-refractivity contribution in [3.8, 4) is 5.75 Å². The number of rotatable bonds is 5. The number of ether oxygens (including phenoxy) is 1. The maximum Gasteiger partial charge on any atom is 0.329 e. The number of aryl methyl sites for hydroxylation is 1. The minimum atomic E-state index is -0.833. The van der Waals surface area contributed by atoms with Crippen LogP contribution in [-0.4, -0.2) is 25.1 Å². The molecule has 0 saturated carbocycles. The predicted octanol–water partition coefficient (Wildman–Crippen LogP) is 2.35. The highest BCUT2D eigenvalue weighted by molar-refractivity contribution is 6.39. The van der Waals surface area contributed by atoms with E-state index >= 15 is 0 Å². The second-order valence-corrected chi connectivity index (χ2v) is 4.94. The van der Waals surface area contributed by atoms with E-state index in [4.69, 9.17) is 4.74 Å². The number of carbonyl (C=O) groups excluding carboxylic acids is 2. The van der Waals surface area contributed by atoms with Crippen molar-refractivity contribution in [2.75, 3.05) is 12.4 Å². The average molecular weight is 325 g/mol. The van der Waals surface area contributed by atoms with Gasteiger partial charge < -0.3 is 10.1 Å². The first-order valence-corrected chi connectivity index (χ1v) is 7.50. The molecule has 124 valence electrons. The van der Waals surface area contributed by atoms with Gasteiger partial charge >= 0.3 is 11.8 Å². The number of nitrogens with one attached hydrogen (secondary N) is 2. The lowest BCUT2D eigenvalue weighted by molar-refractivity contribution is -0.136. The van der Waals surface area contributed by atoms with Crippen LogP contribution >= 0.6 is 0 Å². The number of amides is 2. The summed E-state index contributed by atoms with van der Waals surface area (Å²) in [6.45, 7) is 1.98. The van der Waals surface area contributed by atoms with Crippen molar-refractivity contribution < 1.29 is 14.3 Å². The molecule has 2 rings (SSSR count). The van der Waals surface area contributed by atoms with Gasteiger partial charge in [0.05, 0.1) is 13.3 Å². The van der Waals surface area contributed by atoms with E-state index in [0.29, 0.717) is 11.4 Å². The zero-order valence-electron chi connectivity index (χ0n) is 13.6. The summed E-state index contributed by atoms with van der Waals surface area (Å²) in [6, 6.07) is 14.5. The molecule has 0 aliphatic heterocycles. The summed E-state index contributed by atoms with van der Waals surface area (Å²) < 4.78 is 5.10. The highest BCUT2D eigenvalue weighted by atomic mass is 16.5. The van der Waals surface area contributed by atoms with Crippen LogP contribution in [-0.2, 0) is 16.0 Å². The number of anilines is 1. The van der Waals surface area contributed by atoms with Gasteiger partial charge in [0.2, 0.25) is 0 Å². The molecule has 0 aliphatic rings. The standard InChI is InChI=1S/C18H19N3O3/c1-3-14-8-4-5-10-16(14)20-17(22)18(23)21-19-12-13-7-6-9-15(11-13)24-2/h4-12H,3H2,1-2H3,(H,20,22)(H,21,23). The molecular weight excluding hydrogens is 306 g/mol. The molecule has 24 heavy (non-hydrogen) atoms. The van der Waals surface area contributed by atoms with Crippen LogP contribution in [0.4, 0.5) is 5.69 Å². The van der Waals surface area contributed by atoms with Crippen LogP contribution in [0.25, 0.3) is 0 Å². The Morgan fingerprint density at radius 2 is 1.92 bits per heavy atom. The first-order chi connectivity index (χ1) is 11.6. The monoisotopic (exact) mass is 325 g/mol. The molecule has 0 unspecified atom stereocenters. The molecular formula is C18H19N3O3. The molecule has 0 fully saturated rings. The summed E-state index contributed by atoms with van der Waals surface area (Å²) in [6.07, 6.45) is 2.19. The molecule has 0 radical (unpaired) electrons. The summed E-state index contributed by atoms with van der Waals surface area (Å²) in [4.78, 5) is 23.7. The van der Waals surface area contributed by atoms with Crippen LogP contribution in [0, 0.1) is 0 Å². The Labute approximate surface area is 140 Å². The molecule has 0 saturated heterocycles. The highest BCUT2D eigenvalue weighted by Crippen LogP contribution is 2.15. The van der Waals surface area contributed by atoms with E-state index in [2.05, 4.69) is 15.8 Å².